The molecule has 15 heavy (non-hydrogen) atoms. The lowest BCUT2D eigenvalue weighted by molar-refractivity contribution is -0.167. The van der Waals surface area contributed by atoms with E-state index in [9.17, 15) is 9.59 Å². The average Bonchev–Trinajstić information content (AvgIpc) is 2.19. The van der Waals surface area contributed by atoms with Crippen LogP contribution < -0.4 is 0 Å². The van der Waals surface area contributed by atoms with Crippen molar-refractivity contribution in [2.75, 3.05) is 19.8 Å². The van der Waals surface area contributed by atoms with Gasteiger partial charge in [-0.2, -0.15) is 0 Å². The van der Waals surface area contributed by atoms with Crippen molar-refractivity contribution < 1.29 is 23.8 Å². The molecule has 1 rings (SSSR count). The van der Waals surface area contributed by atoms with E-state index >= 15 is 0 Å². The molecular formula is C10H16O5. The highest BCUT2D eigenvalue weighted by molar-refractivity contribution is 5.78. The van der Waals surface area contributed by atoms with Crippen molar-refractivity contribution in [1.82, 2.24) is 0 Å². The van der Waals surface area contributed by atoms with Crippen LogP contribution in [0.2, 0.25) is 0 Å². The van der Waals surface area contributed by atoms with Crippen LogP contribution in [-0.2, 0) is 19.0 Å². The van der Waals surface area contributed by atoms with Gasteiger partial charge in [0.1, 0.15) is 18.6 Å². The van der Waals surface area contributed by atoms with E-state index in [1.54, 1.807) is 6.92 Å². The van der Waals surface area contributed by atoms with Gasteiger partial charge >= 0.3 is 12.1 Å². The van der Waals surface area contributed by atoms with Crippen LogP contribution in [0.3, 0.4) is 0 Å². The Bertz CT molecular complexity index is 249. The van der Waals surface area contributed by atoms with E-state index in [4.69, 9.17) is 4.74 Å². The first-order valence-corrected chi connectivity index (χ1v) is 4.91. The first kappa shape index (κ1) is 11.8. The smallest absolute Gasteiger partial charge is 0.465 e. The first-order valence-electron chi connectivity index (χ1n) is 4.91. The molecule has 0 bridgehead atoms. The van der Waals surface area contributed by atoms with Gasteiger partial charge in [-0.25, -0.2) is 4.79 Å². The van der Waals surface area contributed by atoms with Gasteiger partial charge in [0.2, 0.25) is 0 Å². The lowest BCUT2D eigenvalue weighted by Gasteiger charge is -2.29. The summed E-state index contributed by atoms with van der Waals surface area (Å²) in [5.74, 6) is -0.103. The molecule has 0 N–H and O–H groups in total. The molecule has 0 amide bonds. The van der Waals surface area contributed by atoms with Crippen LogP contribution in [0, 0.1) is 11.3 Å². The molecule has 5 nitrogen and oxygen atoms in total. The Morgan fingerprint density at radius 1 is 1.47 bits per heavy atom. The van der Waals surface area contributed by atoms with Gasteiger partial charge in [-0.3, -0.25) is 4.79 Å². The predicted octanol–water partition coefficient (Wildman–Crippen LogP) is 1.36. The number of rotatable bonds is 3. The largest absolute Gasteiger partial charge is 0.508 e. The molecule has 0 aromatic heterocycles. The molecule has 0 atom stereocenters. The summed E-state index contributed by atoms with van der Waals surface area (Å²) in [7, 11) is 0. The summed E-state index contributed by atoms with van der Waals surface area (Å²) in [4.78, 5) is 22.3. The summed E-state index contributed by atoms with van der Waals surface area (Å²) in [6.45, 7) is 5.95. The highest BCUT2D eigenvalue weighted by atomic mass is 16.7. The van der Waals surface area contributed by atoms with E-state index in [0.29, 0.717) is 6.61 Å². The van der Waals surface area contributed by atoms with E-state index in [0.717, 1.165) is 0 Å². The fourth-order valence-corrected chi connectivity index (χ4v) is 1.05. The number of cyclic esters (lactones) is 2. The molecule has 86 valence electrons. The van der Waals surface area contributed by atoms with Gasteiger partial charge in [0.05, 0.1) is 6.61 Å². The Morgan fingerprint density at radius 2 is 2.00 bits per heavy atom. The van der Waals surface area contributed by atoms with Crippen molar-refractivity contribution in [2.24, 2.45) is 11.3 Å². The van der Waals surface area contributed by atoms with Crippen LogP contribution in [0.5, 0.6) is 0 Å². The molecule has 0 aromatic carbocycles. The molecular weight excluding hydrogens is 200 g/mol. The van der Waals surface area contributed by atoms with Crippen LogP contribution in [0.25, 0.3) is 0 Å². The second kappa shape index (κ2) is 4.51. The third-order valence-electron chi connectivity index (χ3n) is 2.06. The molecule has 0 aliphatic carbocycles. The third-order valence-corrected chi connectivity index (χ3v) is 2.06. The summed E-state index contributed by atoms with van der Waals surface area (Å²) in [5.41, 5.74) is -0.872. The number of hydrogen-bond acceptors (Lipinski definition) is 5. The molecule has 0 saturated carbocycles. The zero-order valence-corrected chi connectivity index (χ0v) is 9.24. The number of carbonyl (C=O) groups excluding carboxylic acids is 2. The number of carbonyl (C=O) groups is 2. The summed E-state index contributed by atoms with van der Waals surface area (Å²) >= 11 is 0. The minimum Gasteiger partial charge on any atom is -0.465 e. The molecule has 5 heteroatoms. The van der Waals surface area contributed by atoms with Gasteiger partial charge in [0.15, 0.2) is 0 Å². The highest BCUT2D eigenvalue weighted by Gasteiger charge is 2.41. The minimum absolute atomic E-state index is 0.0166. The Kier molecular flexibility index (Phi) is 3.55. The van der Waals surface area contributed by atoms with E-state index in [1.807, 2.05) is 13.8 Å². The van der Waals surface area contributed by atoms with Gasteiger partial charge < -0.3 is 14.2 Å². The van der Waals surface area contributed by atoms with Crippen LogP contribution in [-0.4, -0.2) is 31.9 Å². The monoisotopic (exact) mass is 216 g/mol. The normalized spacial score (nSPS) is 19.3. The predicted molar refractivity (Wildman–Crippen MR) is 51.2 cm³/mol. The van der Waals surface area contributed by atoms with Crippen molar-refractivity contribution in [3.05, 3.63) is 0 Å². The molecule has 1 fully saturated rings. The van der Waals surface area contributed by atoms with Gasteiger partial charge in [-0.1, -0.05) is 13.8 Å². The van der Waals surface area contributed by atoms with Crippen LogP contribution in [0.4, 0.5) is 4.79 Å². The summed E-state index contributed by atoms with van der Waals surface area (Å²) in [5, 5.41) is 0. The van der Waals surface area contributed by atoms with Crippen LogP contribution in [0.15, 0.2) is 0 Å². The lowest BCUT2D eigenvalue weighted by atomic mass is 9.92. The van der Waals surface area contributed by atoms with E-state index < -0.39 is 11.6 Å². The van der Waals surface area contributed by atoms with Gasteiger partial charge in [0.25, 0.3) is 0 Å². The number of esters is 1. The Balaban J connectivity index is 2.47. The molecule has 1 aliphatic rings. The SMILES string of the molecule is CC(C)COC(=O)C1(C)COC(=O)OC1. The van der Waals surface area contributed by atoms with Crippen molar-refractivity contribution in [3.63, 3.8) is 0 Å². The topological polar surface area (TPSA) is 61.8 Å². The average molecular weight is 216 g/mol. The van der Waals surface area contributed by atoms with Gasteiger partial charge in [-0.05, 0) is 12.8 Å². The molecule has 0 spiro atoms. The Hall–Kier alpha value is -1.26. The van der Waals surface area contributed by atoms with Gasteiger partial charge in [0, 0.05) is 0 Å². The first-order chi connectivity index (χ1) is 6.94. The van der Waals surface area contributed by atoms with Crippen LogP contribution in [0.1, 0.15) is 20.8 Å². The second-order valence-corrected chi connectivity index (χ2v) is 4.38. The molecule has 1 heterocycles. The van der Waals surface area contributed by atoms with Gasteiger partial charge in [-0.15, -0.1) is 0 Å². The van der Waals surface area contributed by atoms with E-state index in [1.165, 1.54) is 0 Å². The Labute approximate surface area is 88.7 Å². The maximum absolute atomic E-state index is 11.6. The zero-order valence-electron chi connectivity index (χ0n) is 9.24. The van der Waals surface area contributed by atoms with E-state index in [2.05, 4.69) is 9.47 Å². The van der Waals surface area contributed by atoms with E-state index in [-0.39, 0.29) is 25.1 Å². The summed E-state index contributed by atoms with van der Waals surface area (Å²) in [6.07, 6.45) is -0.732. The maximum atomic E-state index is 11.6. The minimum atomic E-state index is -0.872. The molecule has 0 aromatic rings. The van der Waals surface area contributed by atoms with Crippen molar-refractivity contribution in [3.8, 4) is 0 Å². The Morgan fingerprint density at radius 3 is 2.47 bits per heavy atom. The van der Waals surface area contributed by atoms with Crippen molar-refractivity contribution >= 4 is 12.1 Å². The fraction of sp³-hybridized carbons (Fsp3) is 0.800. The fourth-order valence-electron chi connectivity index (χ4n) is 1.05. The standard InChI is InChI=1S/C10H16O5/c1-7(2)4-13-8(11)10(3)5-14-9(12)15-6-10/h7H,4-6H2,1-3H3. The molecule has 0 unspecified atom stereocenters. The van der Waals surface area contributed by atoms with Crippen LogP contribution >= 0.6 is 0 Å². The molecule has 1 aliphatic heterocycles. The lowest BCUT2D eigenvalue weighted by Crippen LogP contribution is -2.44. The zero-order chi connectivity index (χ0) is 11.5. The quantitative estimate of drug-likeness (QED) is 0.666. The molecule has 1 saturated heterocycles. The third kappa shape index (κ3) is 3.11. The highest BCUT2D eigenvalue weighted by Crippen LogP contribution is 2.24. The number of hydrogen-bond donors (Lipinski definition) is 0. The van der Waals surface area contributed by atoms with Crippen molar-refractivity contribution in [1.29, 1.82) is 0 Å². The molecule has 0 radical (unpaired) electrons. The van der Waals surface area contributed by atoms with Crippen molar-refractivity contribution in [2.45, 2.75) is 20.8 Å². The second-order valence-electron chi connectivity index (χ2n) is 4.38. The summed E-state index contributed by atoms with van der Waals surface area (Å²) < 4.78 is 14.4. The maximum Gasteiger partial charge on any atom is 0.508 e. The number of ether oxygens (including phenoxy) is 3. The summed E-state index contributed by atoms with van der Waals surface area (Å²) in [6, 6.07) is 0.